The van der Waals surface area contributed by atoms with E-state index in [0.29, 0.717) is 30.4 Å². The SMILES string of the molecule is Cc1ccccc1C#Cc1cc2cnc(Nc3ccc(OC4CCN(C)CC4)cc3)nc2n(C2CCOCC2)c1=O. The Morgan fingerprint density at radius 1 is 0.976 bits per heavy atom. The second kappa shape index (κ2) is 12.1. The standard InChI is InChI=1S/C33H35N5O3/c1-23-5-3-4-6-24(23)7-8-25-21-26-22-34-33(36-31(26)38(32(25)39)28-15-19-40-20-16-28)35-27-9-11-29(12-10-27)41-30-13-17-37(2)18-14-30/h3-6,9-12,21-22,28,30H,13-20H2,1-2H3,(H,34,35,36). The molecule has 4 aromatic rings. The number of ether oxygens (including phenoxy) is 2. The smallest absolute Gasteiger partial charge is 0.268 e. The van der Waals surface area contributed by atoms with Gasteiger partial charge in [-0.3, -0.25) is 9.36 Å². The molecule has 0 spiro atoms. The second-order valence-corrected chi connectivity index (χ2v) is 10.9. The van der Waals surface area contributed by atoms with Crippen molar-refractivity contribution in [3.63, 3.8) is 0 Å². The molecule has 0 amide bonds. The molecule has 6 rings (SSSR count). The van der Waals surface area contributed by atoms with Crippen molar-refractivity contribution in [1.29, 1.82) is 0 Å². The Bertz CT molecular complexity index is 1640. The zero-order valence-electron chi connectivity index (χ0n) is 23.6. The number of likely N-dealkylation sites (tertiary alicyclic amines) is 1. The van der Waals surface area contributed by atoms with E-state index in [4.69, 9.17) is 14.5 Å². The van der Waals surface area contributed by atoms with Crippen LogP contribution in [0.4, 0.5) is 11.6 Å². The Labute approximate surface area is 240 Å². The van der Waals surface area contributed by atoms with Gasteiger partial charge in [0.2, 0.25) is 5.95 Å². The van der Waals surface area contributed by atoms with E-state index in [2.05, 4.69) is 34.1 Å². The summed E-state index contributed by atoms with van der Waals surface area (Å²) >= 11 is 0. The first-order chi connectivity index (χ1) is 20.0. The highest BCUT2D eigenvalue weighted by Gasteiger charge is 2.22. The number of nitrogens with zero attached hydrogens (tertiary/aromatic N) is 4. The molecule has 210 valence electrons. The van der Waals surface area contributed by atoms with Gasteiger partial charge in [0.15, 0.2) is 0 Å². The summed E-state index contributed by atoms with van der Waals surface area (Å²) in [6.07, 6.45) is 5.58. The normalized spacial score (nSPS) is 16.7. The number of hydrogen-bond acceptors (Lipinski definition) is 7. The lowest BCUT2D eigenvalue weighted by Gasteiger charge is -2.29. The maximum absolute atomic E-state index is 13.8. The van der Waals surface area contributed by atoms with E-state index in [9.17, 15) is 4.79 Å². The van der Waals surface area contributed by atoms with E-state index in [1.54, 1.807) is 16.8 Å². The third-order valence-corrected chi connectivity index (χ3v) is 7.88. The van der Waals surface area contributed by atoms with Gasteiger partial charge in [-0.05, 0) is 81.6 Å². The first-order valence-electron chi connectivity index (χ1n) is 14.3. The van der Waals surface area contributed by atoms with Gasteiger partial charge in [-0.1, -0.05) is 30.0 Å². The summed E-state index contributed by atoms with van der Waals surface area (Å²) in [6, 6.07) is 17.6. The number of rotatable bonds is 5. The van der Waals surface area contributed by atoms with Crippen LogP contribution in [0.2, 0.25) is 0 Å². The fraction of sp³-hybridized carbons (Fsp3) is 0.364. The van der Waals surface area contributed by atoms with Crippen molar-refractivity contribution in [2.24, 2.45) is 0 Å². The van der Waals surface area contributed by atoms with E-state index in [1.165, 1.54) is 0 Å². The van der Waals surface area contributed by atoms with Gasteiger partial charge >= 0.3 is 0 Å². The second-order valence-electron chi connectivity index (χ2n) is 10.9. The number of nitrogens with one attached hydrogen (secondary N) is 1. The highest BCUT2D eigenvalue weighted by molar-refractivity contribution is 5.78. The lowest BCUT2D eigenvalue weighted by Crippen LogP contribution is -2.35. The average molecular weight is 550 g/mol. The van der Waals surface area contributed by atoms with Gasteiger partial charge in [-0.25, -0.2) is 4.98 Å². The number of hydrogen-bond donors (Lipinski definition) is 1. The predicted octanol–water partition coefficient (Wildman–Crippen LogP) is 5.07. The topological polar surface area (TPSA) is 81.5 Å². The Balaban J connectivity index is 1.28. The molecule has 2 aromatic carbocycles. The van der Waals surface area contributed by atoms with E-state index in [-0.39, 0.29) is 17.7 Å². The minimum Gasteiger partial charge on any atom is -0.490 e. The highest BCUT2D eigenvalue weighted by atomic mass is 16.5. The summed E-state index contributed by atoms with van der Waals surface area (Å²) in [5.41, 5.74) is 3.74. The van der Waals surface area contributed by atoms with Gasteiger partial charge in [0.05, 0.1) is 5.56 Å². The van der Waals surface area contributed by atoms with Crippen molar-refractivity contribution < 1.29 is 9.47 Å². The van der Waals surface area contributed by atoms with Crippen molar-refractivity contribution in [3.8, 4) is 17.6 Å². The molecule has 8 nitrogen and oxygen atoms in total. The zero-order chi connectivity index (χ0) is 28.2. The van der Waals surface area contributed by atoms with Crippen molar-refractivity contribution in [2.75, 3.05) is 38.7 Å². The first kappa shape index (κ1) is 27.0. The molecule has 2 saturated heterocycles. The van der Waals surface area contributed by atoms with Crippen LogP contribution in [0, 0.1) is 18.8 Å². The largest absolute Gasteiger partial charge is 0.490 e. The van der Waals surface area contributed by atoms with E-state index in [1.807, 2.05) is 55.5 Å². The maximum Gasteiger partial charge on any atom is 0.268 e. The molecule has 0 unspecified atom stereocenters. The van der Waals surface area contributed by atoms with Gasteiger partial charge < -0.3 is 19.7 Å². The van der Waals surface area contributed by atoms with Crippen LogP contribution in [0.25, 0.3) is 11.0 Å². The van der Waals surface area contributed by atoms with E-state index in [0.717, 1.165) is 66.7 Å². The predicted molar refractivity (Wildman–Crippen MR) is 161 cm³/mol. The first-order valence-corrected chi connectivity index (χ1v) is 14.3. The van der Waals surface area contributed by atoms with Gasteiger partial charge in [-0.15, -0.1) is 0 Å². The molecule has 0 aliphatic carbocycles. The molecular weight excluding hydrogens is 514 g/mol. The van der Waals surface area contributed by atoms with Crippen molar-refractivity contribution in [1.82, 2.24) is 19.4 Å². The van der Waals surface area contributed by atoms with Gasteiger partial charge in [0.25, 0.3) is 5.56 Å². The molecule has 2 aliphatic rings. The molecule has 4 heterocycles. The third-order valence-electron chi connectivity index (χ3n) is 7.88. The Morgan fingerprint density at radius 2 is 1.71 bits per heavy atom. The average Bonchev–Trinajstić information content (AvgIpc) is 2.99. The third kappa shape index (κ3) is 6.27. The molecule has 2 fully saturated rings. The minimum atomic E-state index is -0.134. The van der Waals surface area contributed by atoms with E-state index < -0.39 is 0 Å². The van der Waals surface area contributed by atoms with Crippen molar-refractivity contribution >= 4 is 22.7 Å². The summed E-state index contributed by atoms with van der Waals surface area (Å²) in [7, 11) is 2.15. The van der Waals surface area contributed by atoms with Crippen LogP contribution < -0.4 is 15.6 Å². The summed E-state index contributed by atoms with van der Waals surface area (Å²) in [5, 5.41) is 4.07. The van der Waals surface area contributed by atoms with Crippen LogP contribution in [0.3, 0.4) is 0 Å². The molecular formula is C33H35N5O3. The number of fused-ring (bicyclic) bond motifs is 1. The number of benzene rings is 2. The molecule has 0 bridgehead atoms. The van der Waals surface area contributed by atoms with E-state index >= 15 is 0 Å². The highest BCUT2D eigenvalue weighted by Crippen LogP contribution is 2.26. The molecule has 0 radical (unpaired) electrons. The van der Waals surface area contributed by atoms with Gasteiger partial charge in [0, 0.05) is 55.2 Å². The fourth-order valence-electron chi connectivity index (χ4n) is 5.44. The lowest BCUT2D eigenvalue weighted by atomic mass is 10.1. The van der Waals surface area contributed by atoms with Crippen LogP contribution in [-0.2, 0) is 4.74 Å². The monoisotopic (exact) mass is 549 g/mol. The molecule has 41 heavy (non-hydrogen) atoms. The van der Waals surface area contributed by atoms with Gasteiger partial charge in [-0.2, -0.15) is 4.98 Å². The summed E-state index contributed by atoms with van der Waals surface area (Å²) in [5.74, 6) is 7.61. The molecule has 2 aliphatic heterocycles. The number of piperidine rings is 1. The molecule has 0 atom stereocenters. The summed E-state index contributed by atoms with van der Waals surface area (Å²) in [6.45, 7) is 5.36. The van der Waals surface area contributed by atoms with Crippen LogP contribution >= 0.6 is 0 Å². The maximum atomic E-state index is 13.8. The zero-order valence-corrected chi connectivity index (χ0v) is 23.6. The van der Waals surface area contributed by atoms with Gasteiger partial charge in [0.1, 0.15) is 17.5 Å². The van der Waals surface area contributed by atoms with Crippen LogP contribution in [0.1, 0.15) is 48.4 Å². The molecule has 8 heteroatoms. The Hall–Kier alpha value is -4.19. The van der Waals surface area contributed by atoms with Crippen LogP contribution in [0.15, 0.2) is 65.6 Å². The quantitative estimate of drug-likeness (QED) is 0.348. The lowest BCUT2D eigenvalue weighted by molar-refractivity contribution is 0.0697. The fourth-order valence-corrected chi connectivity index (χ4v) is 5.44. The number of aromatic nitrogens is 3. The Kier molecular flexibility index (Phi) is 7.99. The van der Waals surface area contributed by atoms with Crippen LogP contribution in [0.5, 0.6) is 5.75 Å². The Morgan fingerprint density at radius 3 is 2.46 bits per heavy atom. The number of aryl methyl sites for hydroxylation is 1. The molecule has 0 saturated carbocycles. The molecule has 2 aromatic heterocycles. The number of pyridine rings is 1. The van der Waals surface area contributed by atoms with Crippen LogP contribution in [-0.4, -0.2) is 58.9 Å². The summed E-state index contributed by atoms with van der Waals surface area (Å²) in [4.78, 5) is 25.5. The minimum absolute atomic E-state index is 0.0160. The van der Waals surface area contributed by atoms with Crippen molar-refractivity contribution in [3.05, 3.63) is 87.8 Å². The van der Waals surface area contributed by atoms with Crippen molar-refractivity contribution in [2.45, 2.75) is 44.8 Å². The number of anilines is 2. The molecule has 1 N–H and O–H groups in total. The summed E-state index contributed by atoms with van der Waals surface area (Å²) < 4.78 is 13.6.